The van der Waals surface area contributed by atoms with E-state index in [2.05, 4.69) is 18.2 Å². The van der Waals surface area contributed by atoms with E-state index in [0.717, 1.165) is 44.2 Å². The standard InChI is InChI=1S/C15H8F6.C13H9.C5H5.2ClH.Zr/c16-14(17,18)12-5-1-3-10(8-12)7-11-4-2-6-13(9-11)15(19,20)21;1-3-7-12-10(5-1)9-11-6-2-4-8-13(11)12;1-2-4-5-3-1;;;/h1-6,8-9H;1-5,7-8H,9H2;1-5H;2*1H;/q;;;;;+2/p-2. The second-order valence-electron chi connectivity index (χ2n) is 9.91. The molecule has 0 unspecified atom stereocenters. The molecule has 42 heavy (non-hydrogen) atoms. The molecule has 0 saturated heterocycles. The number of benzene rings is 4. The molecule has 4 aromatic rings. The van der Waals surface area contributed by atoms with Gasteiger partial charge in [0.05, 0.1) is 0 Å². The van der Waals surface area contributed by atoms with Crippen LogP contribution in [0, 0.1) is 0 Å². The summed E-state index contributed by atoms with van der Waals surface area (Å²) in [7, 11) is 0. The topological polar surface area (TPSA) is 0 Å². The van der Waals surface area contributed by atoms with E-state index in [9.17, 15) is 26.3 Å². The van der Waals surface area contributed by atoms with Gasteiger partial charge < -0.3 is 24.8 Å². The molecule has 9 heteroatoms. The number of halogens is 8. The summed E-state index contributed by atoms with van der Waals surface area (Å²) in [5.41, 5.74) is 3.52. The Morgan fingerprint density at radius 3 is 1.71 bits per heavy atom. The van der Waals surface area contributed by atoms with Crippen LogP contribution in [0.25, 0.3) is 11.1 Å². The minimum absolute atomic E-state index is 0. The predicted molar refractivity (Wildman–Crippen MR) is 142 cm³/mol. The zero-order chi connectivity index (χ0) is 28.1. The fraction of sp³-hybridized carbons (Fsp3) is 0.121. The molecule has 214 valence electrons. The maximum absolute atomic E-state index is 13.8. The van der Waals surface area contributed by atoms with Crippen molar-refractivity contribution in [1.82, 2.24) is 0 Å². The second kappa shape index (κ2) is 12.5. The summed E-state index contributed by atoms with van der Waals surface area (Å²) in [5.74, 6) is 0. The minimum atomic E-state index is -4.58. The number of hydrogen-bond acceptors (Lipinski definition) is 0. The van der Waals surface area contributed by atoms with E-state index < -0.39 is 44.7 Å². The normalized spacial score (nSPS) is 13.5. The van der Waals surface area contributed by atoms with E-state index in [-0.39, 0.29) is 28.4 Å². The molecule has 4 aromatic carbocycles. The molecule has 0 bridgehead atoms. The number of allylic oxidation sites excluding steroid dienone is 4. The fourth-order valence-electron chi connectivity index (χ4n) is 5.69. The molecule has 0 heterocycles. The molecule has 2 aliphatic rings. The van der Waals surface area contributed by atoms with Crippen LogP contribution in [-0.4, -0.2) is 3.21 Å². The molecule has 0 aromatic heterocycles. The molecule has 0 amide bonds. The smallest absolute Gasteiger partial charge is 1.00 e. The third-order valence-corrected chi connectivity index (χ3v) is 15.4. The molecule has 6 rings (SSSR count). The Kier molecular flexibility index (Phi) is 9.57. The summed E-state index contributed by atoms with van der Waals surface area (Å²) in [5, 5.41) is 0. The Hall–Kier alpha value is -2.73. The first-order valence-electron chi connectivity index (χ1n) is 12.8. The summed E-state index contributed by atoms with van der Waals surface area (Å²) < 4.78 is 84.7. The van der Waals surface area contributed by atoms with Gasteiger partial charge in [-0.15, -0.1) is 0 Å². The average molecular weight is 695 g/mol. The molecular weight excluding hydrogens is 672 g/mol. The van der Waals surface area contributed by atoms with Gasteiger partial charge in [-0.3, -0.25) is 0 Å². The van der Waals surface area contributed by atoms with Crippen LogP contribution in [0.5, 0.6) is 0 Å². The van der Waals surface area contributed by atoms with Crippen LogP contribution in [0.2, 0.25) is 3.63 Å². The van der Waals surface area contributed by atoms with Crippen molar-refractivity contribution >= 4 is 6.48 Å². The van der Waals surface area contributed by atoms with Gasteiger partial charge in [0.1, 0.15) is 0 Å². The summed E-state index contributed by atoms with van der Waals surface area (Å²) in [4.78, 5) is 0. The van der Waals surface area contributed by atoms with Gasteiger partial charge in [0, 0.05) is 0 Å². The molecule has 0 spiro atoms. The SMILES string of the molecule is FC(F)(F)c1cccc([C](c2cccc(C(F)(F)F)c2)=[Zr+2]([c]2cccc3c2Cc2ccccc2-3)[CH]2C=CC=C2)c1.[Cl-].[Cl-]. The Morgan fingerprint density at radius 2 is 1.14 bits per heavy atom. The quantitative estimate of drug-likeness (QED) is 0.254. The van der Waals surface area contributed by atoms with Crippen molar-refractivity contribution in [3.63, 3.8) is 0 Å². The van der Waals surface area contributed by atoms with E-state index in [0.29, 0.717) is 20.8 Å². The van der Waals surface area contributed by atoms with Gasteiger partial charge in [-0.2, -0.15) is 0 Å². The minimum Gasteiger partial charge on any atom is -1.00 e. The van der Waals surface area contributed by atoms with Gasteiger partial charge in [-0.05, 0) is 0 Å². The Labute approximate surface area is 259 Å². The molecule has 0 fully saturated rings. The van der Waals surface area contributed by atoms with Crippen molar-refractivity contribution in [1.29, 1.82) is 0 Å². The summed E-state index contributed by atoms with van der Waals surface area (Å²) >= 11 is -3.36. The van der Waals surface area contributed by atoms with Crippen LogP contribution < -0.4 is 28.1 Å². The van der Waals surface area contributed by atoms with Crippen LogP contribution in [0.3, 0.4) is 0 Å². The third kappa shape index (κ3) is 6.15. The van der Waals surface area contributed by atoms with E-state index >= 15 is 0 Å². The first-order chi connectivity index (χ1) is 19.1. The summed E-state index contributed by atoms with van der Waals surface area (Å²) in [6.07, 6.45) is -0.570. The van der Waals surface area contributed by atoms with Crippen LogP contribution in [-0.2, 0) is 40.0 Å². The maximum atomic E-state index is 13.8. The van der Waals surface area contributed by atoms with Crippen molar-refractivity contribution in [3.8, 4) is 11.1 Å². The van der Waals surface area contributed by atoms with Gasteiger partial charge >= 0.3 is 236 Å². The first-order valence-corrected chi connectivity index (χ1v) is 16.6. The van der Waals surface area contributed by atoms with Crippen molar-refractivity contribution < 1.29 is 72.4 Å². The average Bonchev–Trinajstić information content (AvgIpc) is 3.59. The second-order valence-corrected chi connectivity index (χ2v) is 16.1. The molecule has 0 atom stereocenters. The van der Waals surface area contributed by atoms with Crippen LogP contribution in [0.15, 0.2) is 115 Å². The number of rotatable bonds is 4. The molecule has 0 aliphatic heterocycles. The van der Waals surface area contributed by atoms with Crippen molar-refractivity contribution in [2.24, 2.45) is 0 Å². The third-order valence-electron chi connectivity index (χ3n) is 7.45. The van der Waals surface area contributed by atoms with Crippen molar-refractivity contribution in [3.05, 3.63) is 149 Å². The van der Waals surface area contributed by atoms with Gasteiger partial charge in [-0.25, -0.2) is 0 Å². The maximum Gasteiger partial charge on any atom is -1.00 e. The van der Waals surface area contributed by atoms with E-state index in [4.69, 9.17) is 0 Å². The van der Waals surface area contributed by atoms with Gasteiger partial charge in [0.2, 0.25) is 0 Å². The van der Waals surface area contributed by atoms with Gasteiger partial charge in [0.15, 0.2) is 0 Å². The molecular formula is C33H22Cl2F6Zr. The van der Waals surface area contributed by atoms with E-state index in [1.54, 1.807) is 12.1 Å². The van der Waals surface area contributed by atoms with Crippen LogP contribution >= 0.6 is 0 Å². The summed E-state index contributed by atoms with van der Waals surface area (Å²) in [6, 6.07) is 24.2. The number of hydrogen-bond donors (Lipinski definition) is 0. The van der Waals surface area contributed by atoms with Gasteiger partial charge in [0.25, 0.3) is 0 Å². The monoisotopic (exact) mass is 692 g/mol. The zero-order valence-electron chi connectivity index (χ0n) is 21.8. The number of alkyl halides is 6. The Bertz CT molecular complexity index is 1640. The van der Waals surface area contributed by atoms with Crippen molar-refractivity contribution in [2.75, 3.05) is 0 Å². The van der Waals surface area contributed by atoms with E-state index in [1.165, 1.54) is 17.7 Å². The number of fused-ring (bicyclic) bond motifs is 3. The van der Waals surface area contributed by atoms with Gasteiger partial charge in [-0.1, -0.05) is 0 Å². The zero-order valence-corrected chi connectivity index (χ0v) is 25.7. The van der Waals surface area contributed by atoms with Crippen LogP contribution in [0.4, 0.5) is 26.3 Å². The molecule has 0 radical (unpaired) electrons. The predicted octanol–water partition coefficient (Wildman–Crippen LogP) is 2.73. The Balaban J connectivity index is 0.00000202. The first kappa shape index (κ1) is 32.2. The molecule has 0 nitrogen and oxygen atoms in total. The van der Waals surface area contributed by atoms with Crippen molar-refractivity contribution in [2.45, 2.75) is 22.4 Å². The summed E-state index contributed by atoms with van der Waals surface area (Å²) in [6.45, 7) is 0. The molecule has 0 N–H and O–H groups in total. The molecule has 2 aliphatic carbocycles. The fourth-order valence-corrected chi connectivity index (χ4v) is 13.9. The van der Waals surface area contributed by atoms with Crippen LogP contribution in [0.1, 0.15) is 33.4 Å². The molecule has 0 saturated carbocycles. The largest absolute Gasteiger partial charge is 1.00 e. The van der Waals surface area contributed by atoms with E-state index in [1.807, 2.05) is 48.6 Å². The Morgan fingerprint density at radius 1 is 0.619 bits per heavy atom.